The van der Waals surface area contributed by atoms with Gasteiger partial charge in [0, 0.05) is 21.4 Å². The van der Waals surface area contributed by atoms with Crippen LogP contribution < -0.4 is 0 Å². The molecule has 1 aromatic rings. The van der Waals surface area contributed by atoms with E-state index in [0.717, 1.165) is 19.4 Å². The fourth-order valence-electron chi connectivity index (χ4n) is 2.93. The van der Waals surface area contributed by atoms with Gasteiger partial charge in [0.25, 0.3) is 0 Å². The minimum Gasteiger partial charge on any atom is -0.396 e. The average Bonchev–Trinajstić information content (AvgIpc) is 2.98. The van der Waals surface area contributed by atoms with Crippen molar-refractivity contribution >= 4 is 27.3 Å². The zero-order chi connectivity index (χ0) is 11.9. The van der Waals surface area contributed by atoms with Crippen LogP contribution >= 0.6 is 27.3 Å². The van der Waals surface area contributed by atoms with E-state index < -0.39 is 0 Å². The first-order valence-electron chi connectivity index (χ1n) is 6.19. The largest absolute Gasteiger partial charge is 0.396 e. The summed E-state index contributed by atoms with van der Waals surface area (Å²) in [4.78, 5) is 1.34. The number of halogens is 1. The monoisotopic (exact) mass is 316 g/mol. The van der Waals surface area contributed by atoms with E-state index in [1.165, 1.54) is 22.2 Å². The SMILES string of the molecule is OCC1(Cc2sccc2Br)CCOC1C1CC1. The van der Waals surface area contributed by atoms with Crippen LogP contribution in [0.5, 0.6) is 0 Å². The Hall–Kier alpha value is 0.1000. The van der Waals surface area contributed by atoms with Crippen LogP contribution in [0.4, 0.5) is 0 Å². The van der Waals surface area contributed by atoms with Crippen LogP contribution in [-0.2, 0) is 11.2 Å². The first kappa shape index (κ1) is 12.2. The van der Waals surface area contributed by atoms with Gasteiger partial charge in [0.1, 0.15) is 0 Å². The summed E-state index contributed by atoms with van der Waals surface area (Å²) in [7, 11) is 0. The van der Waals surface area contributed by atoms with Crippen molar-refractivity contribution in [2.75, 3.05) is 13.2 Å². The fraction of sp³-hybridized carbons (Fsp3) is 0.692. The molecule has 17 heavy (non-hydrogen) atoms. The van der Waals surface area contributed by atoms with Crippen LogP contribution in [0.2, 0.25) is 0 Å². The van der Waals surface area contributed by atoms with E-state index >= 15 is 0 Å². The number of hydrogen-bond donors (Lipinski definition) is 1. The first-order chi connectivity index (χ1) is 8.25. The lowest BCUT2D eigenvalue weighted by atomic mass is 9.76. The van der Waals surface area contributed by atoms with Crippen LogP contribution in [0, 0.1) is 11.3 Å². The Labute approximate surface area is 114 Å². The van der Waals surface area contributed by atoms with Gasteiger partial charge < -0.3 is 9.84 Å². The Morgan fingerprint density at radius 2 is 2.35 bits per heavy atom. The molecule has 2 nitrogen and oxygen atoms in total. The maximum Gasteiger partial charge on any atom is 0.0685 e. The maximum absolute atomic E-state index is 9.86. The average molecular weight is 317 g/mol. The second-order valence-electron chi connectivity index (χ2n) is 5.27. The van der Waals surface area contributed by atoms with E-state index in [2.05, 4.69) is 27.4 Å². The molecule has 0 bridgehead atoms. The minimum absolute atomic E-state index is 0.0332. The zero-order valence-corrected chi connectivity index (χ0v) is 12.1. The summed E-state index contributed by atoms with van der Waals surface area (Å²) in [6, 6.07) is 2.09. The van der Waals surface area contributed by atoms with E-state index in [1.54, 1.807) is 11.3 Å². The quantitative estimate of drug-likeness (QED) is 0.924. The molecule has 1 aromatic heterocycles. The number of thiophene rings is 1. The molecule has 0 aromatic carbocycles. The molecule has 1 aliphatic heterocycles. The van der Waals surface area contributed by atoms with Gasteiger partial charge in [-0.3, -0.25) is 0 Å². The Morgan fingerprint density at radius 3 is 2.94 bits per heavy atom. The van der Waals surface area contributed by atoms with Crippen molar-refractivity contribution in [2.45, 2.75) is 31.8 Å². The third-order valence-electron chi connectivity index (χ3n) is 4.07. The van der Waals surface area contributed by atoms with Crippen molar-refractivity contribution in [3.8, 4) is 0 Å². The smallest absolute Gasteiger partial charge is 0.0685 e. The minimum atomic E-state index is -0.0332. The normalized spacial score (nSPS) is 33.2. The Morgan fingerprint density at radius 1 is 1.53 bits per heavy atom. The molecule has 2 atom stereocenters. The lowest BCUT2D eigenvalue weighted by Gasteiger charge is -2.32. The first-order valence-corrected chi connectivity index (χ1v) is 7.87. The summed E-state index contributed by atoms with van der Waals surface area (Å²) in [5, 5.41) is 12.0. The molecule has 0 amide bonds. The molecule has 1 N–H and O–H groups in total. The molecule has 2 unspecified atom stereocenters. The van der Waals surface area contributed by atoms with Crippen molar-refractivity contribution in [1.82, 2.24) is 0 Å². The number of hydrogen-bond acceptors (Lipinski definition) is 3. The second-order valence-corrected chi connectivity index (χ2v) is 7.12. The zero-order valence-electron chi connectivity index (χ0n) is 9.69. The fourth-order valence-corrected chi connectivity index (χ4v) is 4.58. The highest BCUT2D eigenvalue weighted by molar-refractivity contribution is 9.10. The van der Waals surface area contributed by atoms with Crippen LogP contribution in [0.1, 0.15) is 24.1 Å². The van der Waals surface area contributed by atoms with Gasteiger partial charge in [-0.2, -0.15) is 0 Å². The summed E-state index contributed by atoms with van der Waals surface area (Å²) in [6.07, 6.45) is 4.77. The van der Waals surface area contributed by atoms with E-state index in [4.69, 9.17) is 4.74 Å². The van der Waals surface area contributed by atoms with Crippen LogP contribution in [0.3, 0.4) is 0 Å². The highest BCUT2D eigenvalue weighted by Gasteiger charge is 2.50. The third-order valence-corrected chi connectivity index (χ3v) is 6.00. The molecule has 1 saturated heterocycles. The van der Waals surface area contributed by atoms with Gasteiger partial charge in [0.2, 0.25) is 0 Å². The predicted molar refractivity (Wildman–Crippen MR) is 72.3 cm³/mol. The maximum atomic E-state index is 9.86. The highest BCUT2D eigenvalue weighted by Crippen LogP contribution is 2.50. The standard InChI is InChI=1S/C13H17BrO2S/c14-10-3-6-17-11(10)7-13(8-15)4-5-16-12(13)9-1-2-9/h3,6,9,12,15H,1-2,4-5,7-8H2. The van der Waals surface area contributed by atoms with Gasteiger partial charge in [0.05, 0.1) is 12.7 Å². The van der Waals surface area contributed by atoms with Crippen molar-refractivity contribution < 1.29 is 9.84 Å². The van der Waals surface area contributed by atoms with E-state index in [-0.39, 0.29) is 18.1 Å². The van der Waals surface area contributed by atoms with E-state index in [0.29, 0.717) is 5.92 Å². The molecular formula is C13H17BrO2S. The summed E-state index contributed by atoms with van der Waals surface area (Å²) >= 11 is 5.36. The number of rotatable bonds is 4. The Balaban J connectivity index is 1.83. The molecule has 0 spiro atoms. The van der Waals surface area contributed by atoms with Crippen LogP contribution in [0.25, 0.3) is 0 Å². The van der Waals surface area contributed by atoms with E-state index in [1.807, 2.05) is 0 Å². The second kappa shape index (κ2) is 4.65. The number of aliphatic hydroxyl groups is 1. The Bertz CT molecular complexity index is 402. The lowest BCUT2D eigenvalue weighted by molar-refractivity contribution is 0.000926. The van der Waals surface area contributed by atoms with Crippen LogP contribution in [-0.4, -0.2) is 24.4 Å². The van der Waals surface area contributed by atoms with Crippen molar-refractivity contribution in [2.24, 2.45) is 11.3 Å². The van der Waals surface area contributed by atoms with Gasteiger partial charge in [0.15, 0.2) is 0 Å². The topological polar surface area (TPSA) is 29.5 Å². The molecule has 1 saturated carbocycles. The highest BCUT2D eigenvalue weighted by atomic mass is 79.9. The molecule has 2 aliphatic rings. The van der Waals surface area contributed by atoms with Gasteiger partial charge in [-0.15, -0.1) is 11.3 Å². The summed E-state index contributed by atoms with van der Waals surface area (Å²) < 4.78 is 7.08. The summed E-state index contributed by atoms with van der Waals surface area (Å²) in [6.45, 7) is 1.06. The van der Waals surface area contributed by atoms with Gasteiger partial charge in [-0.05, 0) is 59.0 Å². The number of aliphatic hydroxyl groups excluding tert-OH is 1. The molecule has 2 fully saturated rings. The molecule has 4 heteroatoms. The van der Waals surface area contributed by atoms with Crippen molar-refractivity contribution in [1.29, 1.82) is 0 Å². The van der Waals surface area contributed by atoms with Crippen molar-refractivity contribution in [3.05, 3.63) is 20.8 Å². The molecule has 94 valence electrons. The molecule has 2 heterocycles. The van der Waals surface area contributed by atoms with Gasteiger partial charge >= 0.3 is 0 Å². The Kier molecular flexibility index (Phi) is 3.32. The van der Waals surface area contributed by atoms with E-state index in [9.17, 15) is 5.11 Å². The van der Waals surface area contributed by atoms with Crippen LogP contribution in [0.15, 0.2) is 15.9 Å². The number of ether oxygens (including phenoxy) is 1. The molecule has 1 aliphatic carbocycles. The molecule has 3 rings (SSSR count). The summed E-state index contributed by atoms with van der Waals surface area (Å²) in [5.74, 6) is 0.698. The van der Waals surface area contributed by atoms with Crippen molar-refractivity contribution in [3.63, 3.8) is 0 Å². The lowest BCUT2D eigenvalue weighted by Crippen LogP contribution is -2.38. The molecule has 0 radical (unpaired) electrons. The van der Waals surface area contributed by atoms with Gasteiger partial charge in [-0.25, -0.2) is 0 Å². The predicted octanol–water partition coefficient (Wildman–Crippen LogP) is 3.23. The molecular weight excluding hydrogens is 300 g/mol. The van der Waals surface area contributed by atoms with Gasteiger partial charge in [-0.1, -0.05) is 0 Å². The summed E-state index contributed by atoms with van der Waals surface area (Å²) in [5.41, 5.74) is -0.0332. The third kappa shape index (κ3) is 2.21.